The minimum atomic E-state index is -3.76. The number of esters is 1. The lowest BCUT2D eigenvalue weighted by atomic mass is 10.2. The molecule has 32 heavy (non-hydrogen) atoms. The third kappa shape index (κ3) is 7.20. The fourth-order valence-corrected chi connectivity index (χ4v) is 4.13. The Balaban J connectivity index is 1.37. The SMILES string of the molecule is O=C(COC(=O)CCNS(=O)(=O)c1ccc(Cl)cc1)Nc1ccc(N2CCOCC2)cc1. The molecule has 0 unspecified atom stereocenters. The topological polar surface area (TPSA) is 114 Å². The van der Waals surface area contributed by atoms with Crippen molar-refractivity contribution in [3.63, 3.8) is 0 Å². The van der Waals surface area contributed by atoms with Gasteiger partial charge in [0, 0.05) is 36.0 Å². The average molecular weight is 482 g/mol. The van der Waals surface area contributed by atoms with E-state index in [0.717, 1.165) is 18.8 Å². The van der Waals surface area contributed by atoms with Gasteiger partial charge in [-0.1, -0.05) is 11.6 Å². The smallest absolute Gasteiger partial charge is 0.307 e. The number of nitrogens with one attached hydrogen (secondary N) is 2. The number of benzene rings is 2. The number of ether oxygens (including phenoxy) is 2. The third-order valence-electron chi connectivity index (χ3n) is 4.64. The monoisotopic (exact) mass is 481 g/mol. The molecule has 0 atom stereocenters. The minimum Gasteiger partial charge on any atom is -0.456 e. The summed E-state index contributed by atoms with van der Waals surface area (Å²) in [5, 5.41) is 3.07. The maximum absolute atomic E-state index is 12.1. The zero-order valence-electron chi connectivity index (χ0n) is 17.3. The Hall–Kier alpha value is -2.66. The van der Waals surface area contributed by atoms with Gasteiger partial charge in [-0.25, -0.2) is 13.1 Å². The van der Waals surface area contributed by atoms with E-state index < -0.39 is 28.5 Å². The zero-order valence-corrected chi connectivity index (χ0v) is 18.8. The van der Waals surface area contributed by atoms with Crippen molar-refractivity contribution in [3.05, 3.63) is 53.6 Å². The van der Waals surface area contributed by atoms with Crippen LogP contribution in [0.4, 0.5) is 11.4 Å². The van der Waals surface area contributed by atoms with Crippen LogP contribution in [0.25, 0.3) is 0 Å². The van der Waals surface area contributed by atoms with Crippen LogP contribution in [0.5, 0.6) is 0 Å². The number of nitrogens with zero attached hydrogens (tertiary/aromatic N) is 1. The molecule has 0 aliphatic carbocycles. The molecule has 0 radical (unpaired) electrons. The molecule has 2 aromatic carbocycles. The van der Waals surface area contributed by atoms with Crippen molar-refractivity contribution in [1.82, 2.24) is 4.72 Å². The van der Waals surface area contributed by atoms with Gasteiger partial charge in [-0.2, -0.15) is 0 Å². The van der Waals surface area contributed by atoms with Crippen molar-refractivity contribution in [1.29, 1.82) is 0 Å². The van der Waals surface area contributed by atoms with Crippen molar-refractivity contribution in [2.75, 3.05) is 49.7 Å². The van der Waals surface area contributed by atoms with Crippen LogP contribution in [0, 0.1) is 0 Å². The van der Waals surface area contributed by atoms with Gasteiger partial charge in [0.1, 0.15) is 0 Å². The lowest BCUT2D eigenvalue weighted by Crippen LogP contribution is -2.36. The van der Waals surface area contributed by atoms with Gasteiger partial charge in [0.25, 0.3) is 5.91 Å². The number of amides is 1. The highest BCUT2D eigenvalue weighted by molar-refractivity contribution is 7.89. The van der Waals surface area contributed by atoms with Crippen LogP contribution >= 0.6 is 11.6 Å². The fourth-order valence-electron chi connectivity index (χ4n) is 2.98. The number of rotatable bonds is 9. The van der Waals surface area contributed by atoms with Crippen LogP contribution in [-0.2, 0) is 29.1 Å². The summed E-state index contributed by atoms with van der Waals surface area (Å²) in [5.41, 5.74) is 1.62. The van der Waals surface area contributed by atoms with Gasteiger partial charge < -0.3 is 19.7 Å². The number of anilines is 2. The summed E-state index contributed by atoms with van der Waals surface area (Å²) in [5.74, 6) is -1.18. The van der Waals surface area contributed by atoms with Gasteiger partial charge in [-0.05, 0) is 48.5 Å². The first-order chi connectivity index (χ1) is 15.3. The van der Waals surface area contributed by atoms with E-state index in [1.54, 1.807) is 12.1 Å². The maximum Gasteiger partial charge on any atom is 0.307 e. The second-order valence-corrected chi connectivity index (χ2v) is 9.16. The standard InChI is InChI=1S/C21H24ClN3O6S/c22-16-1-7-19(8-2-16)32(28,29)23-10-9-21(27)31-15-20(26)24-17-3-5-18(6-4-17)25-11-13-30-14-12-25/h1-8,23H,9-15H2,(H,24,26). The van der Waals surface area contributed by atoms with E-state index >= 15 is 0 Å². The number of carbonyl (C=O) groups excluding carboxylic acids is 2. The first kappa shape index (κ1) is 24.0. The minimum absolute atomic E-state index is 0.0364. The molecule has 3 rings (SSSR count). The van der Waals surface area contributed by atoms with Crippen molar-refractivity contribution in [2.45, 2.75) is 11.3 Å². The quantitative estimate of drug-likeness (QED) is 0.527. The van der Waals surface area contributed by atoms with Gasteiger partial charge in [-0.3, -0.25) is 9.59 Å². The first-order valence-electron chi connectivity index (χ1n) is 9.97. The highest BCUT2D eigenvalue weighted by Gasteiger charge is 2.15. The summed E-state index contributed by atoms with van der Waals surface area (Å²) in [7, 11) is -3.76. The van der Waals surface area contributed by atoms with E-state index in [-0.39, 0.29) is 17.9 Å². The summed E-state index contributed by atoms with van der Waals surface area (Å²) in [4.78, 5) is 26.1. The van der Waals surface area contributed by atoms with Crippen LogP contribution in [0.15, 0.2) is 53.4 Å². The van der Waals surface area contributed by atoms with E-state index in [2.05, 4.69) is 14.9 Å². The van der Waals surface area contributed by atoms with Gasteiger partial charge in [0.05, 0.1) is 24.5 Å². The van der Waals surface area contributed by atoms with Gasteiger partial charge in [-0.15, -0.1) is 0 Å². The Labute approximate surface area is 191 Å². The molecule has 1 saturated heterocycles. The number of halogens is 1. The van der Waals surface area contributed by atoms with Crippen LogP contribution in [-0.4, -0.2) is 59.7 Å². The van der Waals surface area contributed by atoms with Crippen molar-refractivity contribution in [3.8, 4) is 0 Å². The number of sulfonamides is 1. The van der Waals surface area contributed by atoms with Gasteiger partial charge >= 0.3 is 5.97 Å². The average Bonchev–Trinajstić information content (AvgIpc) is 2.79. The van der Waals surface area contributed by atoms with E-state index in [4.69, 9.17) is 21.1 Å². The van der Waals surface area contributed by atoms with Crippen LogP contribution < -0.4 is 14.9 Å². The molecule has 0 aromatic heterocycles. The molecule has 172 valence electrons. The predicted molar refractivity (Wildman–Crippen MR) is 120 cm³/mol. The molecule has 0 spiro atoms. The number of hydrogen-bond donors (Lipinski definition) is 2. The Morgan fingerprint density at radius 3 is 2.34 bits per heavy atom. The molecule has 1 heterocycles. The molecule has 1 fully saturated rings. The van der Waals surface area contributed by atoms with Crippen LogP contribution in [0.3, 0.4) is 0 Å². The largest absolute Gasteiger partial charge is 0.456 e. The Morgan fingerprint density at radius 2 is 1.69 bits per heavy atom. The van der Waals surface area contributed by atoms with E-state index in [1.807, 2.05) is 12.1 Å². The molecular weight excluding hydrogens is 458 g/mol. The highest BCUT2D eigenvalue weighted by Crippen LogP contribution is 2.19. The molecule has 1 aliphatic heterocycles. The number of morpholine rings is 1. The van der Waals surface area contributed by atoms with E-state index in [1.165, 1.54) is 24.3 Å². The molecule has 0 bridgehead atoms. The summed E-state index contributed by atoms with van der Waals surface area (Å²) in [6, 6.07) is 13.0. The molecule has 11 heteroatoms. The van der Waals surface area contributed by atoms with Crippen molar-refractivity contribution >= 4 is 44.9 Å². The Kier molecular flexibility index (Phi) is 8.46. The molecule has 9 nitrogen and oxygen atoms in total. The lowest BCUT2D eigenvalue weighted by Gasteiger charge is -2.28. The Bertz CT molecular complexity index is 1020. The zero-order chi connectivity index (χ0) is 23.0. The highest BCUT2D eigenvalue weighted by atomic mass is 35.5. The number of hydrogen-bond acceptors (Lipinski definition) is 7. The molecular formula is C21H24ClN3O6S. The lowest BCUT2D eigenvalue weighted by molar-refractivity contribution is -0.147. The van der Waals surface area contributed by atoms with E-state index in [9.17, 15) is 18.0 Å². The fraction of sp³-hybridized carbons (Fsp3) is 0.333. The van der Waals surface area contributed by atoms with Crippen molar-refractivity contribution < 1.29 is 27.5 Å². The maximum atomic E-state index is 12.1. The summed E-state index contributed by atoms with van der Waals surface area (Å²) >= 11 is 5.74. The van der Waals surface area contributed by atoms with Crippen LogP contribution in [0.1, 0.15) is 6.42 Å². The summed E-state index contributed by atoms with van der Waals surface area (Å²) < 4.78 is 36.8. The first-order valence-corrected chi connectivity index (χ1v) is 11.8. The second-order valence-electron chi connectivity index (χ2n) is 6.96. The molecule has 2 N–H and O–H groups in total. The predicted octanol–water partition coefficient (Wildman–Crippen LogP) is 2.03. The van der Waals surface area contributed by atoms with Gasteiger partial charge in [0.15, 0.2) is 6.61 Å². The Morgan fingerprint density at radius 1 is 1.03 bits per heavy atom. The number of carbonyl (C=O) groups is 2. The molecule has 2 aromatic rings. The molecule has 0 saturated carbocycles. The van der Waals surface area contributed by atoms with Crippen LogP contribution in [0.2, 0.25) is 5.02 Å². The summed E-state index contributed by atoms with van der Waals surface area (Å²) in [6.07, 6.45) is -0.214. The second kappa shape index (κ2) is 11.3. The van der Waals surface area contributed by atoms with Gasteiger partial charge in [0.2, 0.25) is 10.0 Å². The normalized spacial score (nSPS) is 14.1. The van der Waals surface area contributed by atoms with E-state index in [0.29, 0.717) is 23.9 Å². The molecule has 1 aliphatic rings. The summed E-state index contributed by atoms with van der Waals surface area (Å²) in [6.45, 7) is 2.39. The molecule has 1 amide bonds. The third-order valence-corrected chi connectivity index (χ3v) is 6.37. The van der Waals surface area contributed by atoms with Crippen molar-refractivity contribution in [2.24, 2.45) is 0 Å².